The van der Waals surface area contributed by atoms with Crippen molar-refractivity contribution < 1.29 is 18.0 Å². The fraction of sp³-hybridized carbons (Fsp3) is 0.176. The molecule has 1 N–H and O–H groups in total. The number of hydrogen-bond donors (Lipinski definition) is 1. The number of pyridine rings is 1. The van der Waals surface area contributed by atoms with Crippen LogP contribution in [-0.4, -0.2) is 10.9 Å². The van der Waals surface area contributed by atoms with Crippen molar-refractivity contribution in [3.05, 3.63) is 70.5 Å². The molecule has 0 aliphatic carbocycles. The first-order valence-corrected chi connectivity index (χ1v) is 7.41. The fourth-order valence-corrected chi connectivity index (χ4v) is 2.16. The van der Waals surface area contributed by atoms with Crippen LogP contribution in [0.15, 0.2) is 48.7 Å². The number of carbonyl (C=O) groups is 1. The number of benzene rings is 1. The highest BCUT2D eigenvalue weighted by Gasteiger charge is 2.30. The van der Waals surface area contributed by atoms with Crippen molar-refractivity contribution in [3.63, 3.8) is 0 Å². The predicted octanol–water partition coefficient (Wildman–Crippen LogP) is 4.64. The van der Waals surface area contributed by atoms with Crippen molar-refractivity contribution in [3.8, 4) is 0 Å². The standard InChI is InChI=1S/C17H14ClF3N2O/c1-11(15-4-2-3-9-22-15)23-16(24)8-5-12-10-13(17(19,20)21)6-7-14(12)18/h2-11H,1H3,(H,23,24)/b8-5+. The molecule has 0 saturated heterocycles. The molecule has 0 bridgehead atoms. The second-order valence-electron chi connectivity index (χ2n) is 5.05. The molecule has 126 valence electrons. The Labute approximate surface area is 142 Å². The lowest BCUT2D eigenvalue weighted by Crippen LogP contribution is -2.25. The zero-order valence-electron chi connectivity index (χ0n) is 12.6. The molecule has 0 fully saturated rings. The molecule has 0 saturated carbocycles. The number of rotatable bonds is 4. The van der Waals surface area contributed by atoms with Gasteiger partial charge in [0.15, 0.2) is 0 Å². The Kier molecular flexibility index (Phi) is 5.62. The van der Waals surface area contributed by atoms with E-state index in [2.05, 4.69) is 10.3 Å². The van der Waals surface area contributed by atoms with E-state index in [0.29, 0.717) is 5.69 Å². The Bertz CT molecular complexity index is 745. The molecule has 2 aromatic rings. The van der Waals surface area contributed by atoms with Gasteiger partial charge in [-0.2, -0.15) is 13.2 Å². The molecule has 0 aliphatic heterocycles. The summed E-state index contributed by atoms with van der Waals surface area (Å²) in [5.74, 6) is -0.457. The molecular weight excluding hydrogens is 341 g/mol. The van der Waals surface area contributed by atoms with Gasteiger partial charge in [-0.05, 0) is 48.9 Å². The second kappa shape index (κ2) is 7.49. The maximum atomic E-state index is 12.7. The normalized spacial score (nSPS) is 13.0. The smallest absolute Gasteiger partial charge is 0.344 e. The predicted molar refractivity (Wildman–Crippen MR) is 86.3 cm³/mol. The van der Waals surface area contributed by atoms with Crippen molar-refractivity contribution in [1.82, 2.24) is 10.3 Å². The van der Waals surface area contributed by atoms with E-state index in [4.69, 9.17) is 11.6 Å². The Morgan fingerprint density at radius 3 is 2.67 bits per heavy atom. The SMILES string of the molecule is CC(NC(=O)/C=C/c1cc(C(F)(F)F)ccc1Cl)c1ccccn1. The molecule has 1 amide bonds. The molecule has 0 spiro atoms. The second-order valence-corrected chi connectivity index (χ2v) is 5.46. The van der Waals surface area contributed by atoms with Gasteiger partial charge >= 0.3 is 6.18 Å². The van der Waals surface area contributed by atoms with Crippen molar-refractivity contribution in [2.45, 2.75) is 19.1 Å². The summed E-state index contributed by atoms with van der Waals surface area (Å²) < 4.78 is 38.1. The number of carbonyl (C=O) groups excluding carboxylic acids is 1. The van der Waals surface area contributed by atoms with Crippen LogP contribution >= 0.6 is 11.6 Å². The first kappa shape index (κ1) is 18.0. The largest absolute Gasteiger partial charge is 0.416 e. The summed E-state index contributed by atoms with van der Waals surface area (Å²) in [6.45, 7) is 1.76. The maximum Gasteiger partial charge on any atom is 0.416 e. The zero-order chi connectivity index (χ0) is 17.7. The van der Waals surface area contributed by atoms with E-state index in [9.17, 15) is 18.0 Å². The number of alkyl halides is 3. The monoisotopic (exact) mass is 354 g/mol. The molecule has 2 rings (SSSR count). The van der Waals surface area contributed by atoms with Crippen LogP contribution in [0.4, 0.5) is 13.2 Å². The lowest BCUT2D eigenvalue weighted by Gasteiger charge is -2.11. The molecule has 1 aromatic carbocycles. The Hall–Kier alpha value is -2.34. The van der Waals surface area contributed by atoms with Gasteiger partial charge in [-0.25, -0.2) is 0 Å². The van der Waals surface area contributed by atoms with Gasteiger partial charge in [0.25, 0.3) is 0 Å². The Morgan fingerprint density at radius 2 is 2.04 bits per heavy atom. The summed E-state index contributed by atoms with van der Waals surface area (Å²) in [5.41, 5.74) is -0.0303. The van der Waals surface area contributed by atoms with Crippen LogP contribution in [0.25, 0.3) is 6.08 Å². The lowest BCUT2D eigenvalue weighted by atomic mass is 10.1. The van der Waals surface area contributed by atoms with E-state index in [1.807, 2.05) is 0 Å². The van der Waals surface area contributed by atoms with Crippen LogP contribution in [0.5, 0.6) is 0 Å². The summed E-state index contributed by atoms with van der Waals surface area (Å²) in [4.78, 5) is 16.0. The van der Waals surface area contributed by atoms with Gasteiger partial charge in [0.05, 0.1) is 17.3 Å². The summed E-state index contributed by atoms with van der Waals surface area (Å²) in [7, 11) is 0. The quantitative estimate of drug-likeness (QED) is 0.812. The van der Waals surface area contributed by atoms with Crippen LogP contribution in [-0.2, 0) is 11.0 Å². The molecule has 3 nitrogen and oxygen atoms in total. The number of hydrogen-bond acceptors (Lipinski definition) is 2. The zero-order valence-corrected chi connectivity index (χ0v) is 13.4. The number of nitrogens with one attached hydrogen (secondary N) is 1. The molecule has 24 heavy (non-hydrogen) atoms. The van der Waals surface area contributed by atoms with Crippen LogP contribution < -0.4 is 5.32 Å². The highest BCUT2D eigenvalue weighted by Crippen LogP contribution is 2.32. The lowest BCUT2D eigenvalue weighted by molar-refractivity contribution is -0.137. The summed E-state index contributed by atoms with van der Waals surface area (Å²) in [6.07, 6.45) is -0.474. The van der Waals surface area contributed by atoms with Crippen molar-refractivity contribution in [2.75, 3.05) is 0 Å². The average molecular weight is 355 g/mol. The summed E-state index contributed by atoms with van der Waals surface area (Å²) >= 11 is 5.87. The number of nitrogens with zero attached hydrogens (tertiary/aromatic N) is 1. The van der Waals surface area contributed by atoms with Gasteiger partial charge in [-0.3, -0.25) is 9.78 Å². The van der Waals surface area contributed by atoms with E-state index >= 15 is 0 Å². The first-order valence-electron chi connectivity index (χ1n) is 7.03. The van der Waals surface area contributed by atoms with E-state index in [1.54, 1.807) is 31.3 Å². The Balaban J connectivity index is 2.09. The van der Waals surface area contributed by atoms with Crippen LogP contribution in [0, 0.1) is 0 Å². The minimum atomic E-state index is -4.47. The third-order valence-corrected chi connectivity index (χ3v) is 3.57. The van der Waals surface area contributed by atoms with Gasteiger partial charge in [0.1, 0.15) is 0 Å². The highest BCUT2D eigenvalue weighted by molar-refractivity contribution is 6.32. The number of aromatic nitrogens is 1. The third-order valence-electron chi connectivity index (χ3n) is 3.23. The molecule has 7 heteroatoms. The Morgan fingerprint density at radius 1 is 1.29 bits per heavy atom. The summed E-state index contributed by atoms with van der Waals surface area (Å²) in [5, 5.41) is 2.81. The summed E-state index contributed by atoms with van der Waals surface area (Å²) in [6, 6.07) is 7.92. The van der Waals surface area contributed by atoms with Crippen molar-refractivity contribution in [2.24, 2.45) is 0 Å². The van der Waals surface area contributed by atoms with Crippen molar-refractivity contribution in [1.29, 1.82) is 0 Å². The third kappa shape index (κ3) is 4.83. The van der Waals surface area contributed by atoms with E-state index < -0.39 is 17.6 Å². The molecule has 0 aliphatic rings. The molecule has 1 aromatic heterocycles. The van der Waals surface area contributed by atoms with E-state index in [-0.39, 0.29) is 16.6 Å². The minimum Gasteiger partial charge on any atom is -0.344 e. The minimum absolute atomic E-state index is 0.118. The molecule has 1 heterocycles. The first-order chi connectivity index (χ1) is 11.3. The molecule has 0 radical (unpaired) electrons. The van der Waals surface area contributed by atoms with Gasteiger partial charge in [-0.15, -0.1) is 0 Å². The highest BCUT2D eigenvalue weighted by atomic mass is 35.5. The van der Waals surface area contributed by atoms with E-state index in [0.717, 1.165) is 24.3 Å². The van der Waals surface area contributed by atoms with Gasteiger partial charge in [-0.1, -0.05) is 17.7 Å². The van der Waals surface area contributed by atoms with Crippen molar-refractivity contribution >= 4 is 23.6 Å². The van der Waals surface area contributed by atoms with Gasteiger partial charge in [0, 0.05) is 17.3 Å². The van der Waals surface area contributed by atoms with Crippen LogP contribution in [0.2, 0.25) is 5.02 Å². The number of halogens is 4. The van der Waals surface area contributed by atoms with E-state index in [1.165, 1.54) is 6.08 Å². The van der Waals surface area contributed by atoms with Crippen LogP contribution in [0.1, 0.15) is 29.8 Å². The molecular formula is C17H14ClF3N2O. The molecule has 1 unspecified atom stereocenters. The average Bonchev–Trinajstić information content (AvgIpc) is 2.53. The fourth-order valence-electron chi connectivity index (χ4n) is 1.98. The van der Waals surface area contributed by atoms with Crippen LogP contribution in [0.3, 0.4) is 0 Å². The maximum absolute atomic E-state index is 12.7. The topological polar surface area (TPSA) is 42.0 Å². The van der Waals surface area contributed by atoms with Gasteiger partial charge < -0.3 is 5.32 Å². The number of amides is 1. The molecule has 1 atom stereocenters. The van der Waals surface area contributed by atoms with Gasteiger partial charge in [0.2, 0.25) is 5.91 Å².